The van der Waals surface area contributed by atoms with E-state index >= 15 is 0 Å². The molecule has 0 saturated heterocycles. The Morgan fingerprint density at radius 1 is 1.32 bits per heavy atom. The van der Waals surface area contributed by atoms with Crippen molar-refractivity contribution in [1.29, 1.82) is 5.41 Å². The average molecular weight is 260 g/mol. The molecule has 0 aromatic heterocycles. The third-order valence-corrected chi connectivity index (χ3v) is 2.76. The van der Waals surface area contributed by atoms with Crippen LogP contribution in [0, 0.1) is 5.41 Å². The summed E-state index contributed by atoms with van der Waals surface area (Å²) in [6.45, 7) is 3.77. The molecule has 1 rings (SSSR count). The summed E-state index contributed by atoms with van der Waals surface area (Å²) in [5, 5.41) is 10.6. The molecule has 0 unspecified atom stereocenters. The largest absolute Gasteiger partial charge is 0.387 e. The molecule has 0 heterocycles. The van der Waals surface area contributed by atoms with Crippen LogP contribution in [0.2, 0.25) is 0 Å². The van der Waals surface area contributed by atoms with Gasteiger partial charge in [0.2, 0.25) is 0 Å². The number of amidine groups is 2. The highest BCUT2D eigenvalue weighted by Crippen LogP contribution is 1.98. The molecule has 0 aliphatic rings. The Hall–Kier alpha value is -1.84. The van der Waals surface area contributed by atoms with E-state index < -0.39 is 0 Å². The molecule has 0 aliphatic heterocycles. The number of aliphatic imine (C=N–C) groups is 1. The lowest BCUT2D eigenvalue weighted by Gasteiger charge is -2.09. The lowest BCUT2D eigenvalue weighted by molar-refractivity contribution is 0.790. The van der Waals surface area contributed by atoms with E-state index in [1.807, 2.05) is 18.2 Å². The van der Waals surface area contributed by atoms with Crippen LogP contribution in [0.3, 0.4) is 0 Å². The molecule has 1 aromatic carbocycles. The number of unbranched alkanes of at least 4 members (excludes halogenated alkanes) is 1. The molecular formula is C15H24N4. The lowest BCUT2D eigenvalue weighted by atomic mass is 10.1. The molecule has 0 atom stereocenters. The SMILES string of the molecule is CCCCN=C(CC(=N)N)NCCc1ccccc1. The van der Waals surface area contributed by atoms with Gasteiger partial charge >= 0.3 is 0 Å². The topological polar surface area (TPSA) is 74.3 Å². The van der Waals surface area contributed by atoms with E-state index in [0.717, 1.165) is 38.2 Å². The van der Waals surface area contributed by atoms with Crippen LogP contribution in [0.1, 0.15) is 31.7 Å². The van der Waals surface area contributed by atoms with Gasteiger partial charge in [-0.1, -0.05) is 43.7 Å². The molecule has 0 fully saturated rings. The van der Waals surface area contributed by atoms with Crippen molar-refractivity contribution in [1.82, 2.24) is 5.32 Å². The summed E-state index contributed by atoms with van der Waals surface area (Å²) in [6.07, 6.45) is 3.56. The van der Waals surface area contributed by atoms with Crippen molar-refractivity contribution in [3.63, 3.8) is 0 Å². The van der Waals surface area contributed by atoms with E-state index in [1.165, 1.54) is 5.56 Å². The number of nitrogens with one attached hydrogen (secondary N) is 2. The normalized spacial score (nSPS) is 11.3. The number of rotatable bonds is 8. The van der Waals surface area contributed by atoms with Crippen LogP contribution < -0.4 is 11.1 Å². The molecule has 0 saturated carbocycles. The minimum atomic E-state index is 0.155. The van der Waals surface area contributed by atoms with Crippen LogP contribution >= 0.6 is 0 Å². The molecule has 19 heavy (non-hydrogen) atoms. The van der Waals surface area contributed by atoms with Crippen LogP contribution in [0.15, 0.2) is 35.3 Å². The Morgan fingerprint density at radius 3 is 2.68 bits per heavy atom. The Kier molecular flexibility index (Phi) is 7.32. The number of benzene rings is 1. The fraction of sp³-hybridized carbons (Fsp3) is 0.467. The van der Waals surface area contributed by atoms with Crippen LogP contribution in [0.5, 0.6) is 0 Å². The van der Waals surface area contributed by atoms with E-state index in [2.05, 4.69) is 29.4 Å². The Morgan fingerprint density at radius 2 is 2.05 bits per heavy atom. The molecule has 0 aliphatic carbocycles. The Bertz CT molecular complexity index is 398. The van der Waals surface area contributed by atoms with Gasteiger partial charge in [-0.25, -0.2) is 0 Å². The quantitative estimate of drug-likeness (QED) is 0.381. The third-order valence-electron chi connectivity index (χ3n) is 2.76. The number of nitrogens with zero attached hydrogens (tertiary/aromatic N) is 1. The van der Waals surface area contributed by atoms with Crippen molar-refractivity contribution in [3.8, 4) is 0 Å². The Balaban J connectivity index is 2.39. The van der Waals surface area contributed by atoms with Crippen molar-refractivity contribution >= 4 is 11.7 Å². The molecular weight excluding hydrogens is 236 g/mol. The average Bonchev–Trinajstić information content (AvgIpc) is 2.39. The fourth-order valence-electron chi connectivity index (χ4n) is 1.72. The van der Waals surface area contributed by atoms with Gasteiger partial charge in [0, 0.05) is 13.1 Å². The molecule has 4 nitrogen and oxygen atoms in total. The zero-order chi connectivity index (χ0) is 13.9. The van der Waals surface area contributed by atoms with Gasteiger partial charge in [0.05, 0.1) is 12.3 Å². The smallest absolute Gasteiger partial charge is 0.104 e. The third kappa shape index (κ3) is 7.24. The summed E-state index contributed by atoms with van der Waals surface area (Å²) in [6, 6.07) is 10.3. The van der Waals surface area contributed by atoms with Crippen molar-refractivity contribution < 1.29 is 0 Å². The number of hydrogen-bond donors (Lipinski definition) is 3. The van der Waals surface area contributed by atoms with Crippen molar-refractivity contribution in [2.75, 3.05) is 13.1 Å². The first kappa shape index (κ1) is 15.2. The maximum Gasteiger partial charge on any atom is 0.104 e. The van der Waals surface area contributed by atoms with Crippen LogP contribution in [0.25, 0.3) is 0 Å². The van der Waals surface area contributed by atoms with Gasteiger partial charge in [0.25, 0.3) is 0 Å². The number of nitrogens with two attached hydrogens (primary N) is 1. The van der Waals surface area contributed by atoms with Crippen LogP contribution in [-0.2, 0) is 6.42 Å². The maximum absolute atomic E-state index is 7.36. The summed E-state index contributed by atoms with van der Waals surface area (Å²) in [5.41, 5.74) is 6.74. The molecule has 104 valence electrons. The first-order valence-corrected chi connectivity index (χ1v) is 6.86. The zero-order valence-corrected chi connectivity index (χ0v) is 11.7. The van der Waals surface area contributed by atoms with E-state index in [9.17, 15) is 0 Å². The van der Waals surface area contributed by atoms with Gasteiger partial charge in [-0.2, -0.15) is 0 Å². The number of hydrogen-bond acceptors (Lipinski definition) is 2. The summed E-state index contributed by atoms with van der Waals surface area (Å²) in [4.78, 5) is 4.47. The molecule has 0 spiro atoms. The fourth-order valence-corrected chi connectivity index (χ4v) is 1.72. The minimum Gasteiger partial charge on any atom is -0.387 e. The molecule has 4 heteroatoms. The first-order valence-electron chi connectivity index (χ1n) is 6.86. The van der Waals surface area contributed by atoms with Crippen LogP contribution in [-0.4, -0.2) is 24.8 Å². The van der Waals surface area contributed by atoms with Crippen molar-refractivity contribution in [2.24, 2.45) is 10.7 Å². The summed E-state index contributed by atoms with van der Waals surface area (Å²) < 4.78 is 0. The molecule has 0 radical (unpaired) electrons. The summed E-state index contributed by atoms with van der Waals surface area (Å²) >= 11 is 0. The van der Waals surface area contributed by atoms with E-state index in [0.29, 0.717) is 6.42 Å². The second-order valence-corrected chi connectivity index (χ2v) is 4.55. The van der Waals surface area contributed by atoms with Gasteiger partial charge in [-0.3, -0.25) is 10.4 Å². The van der Waals surface area contributed by atoms with Crippen molar-refractivity contribution in [3.05, 3.63) is 35.9 Å². The summed E-state index contributed by atoms with van der Waals surface area (Å²) in [5.74, 6) is 0.986. The second kappa shape index (κ2) is 9.14. The molecule has 1 aromatic rings. The standard InChI is InChI=1S/C15H24N4/c1-2-3-10-18-15(12-14(16)17)19-11-9-13-7-5-4-6-8-13/h4-8H,2-3,9-12H2,1H3,(H3,16,17)(H,18,19). The zero-order valence-electron chi connectivity index (χ0n) is 11.7. The molecule has 0 bridgehead atoms. The van der Waals surface area contributed by atoms with Gasteiger partial charge in [-0.05, 0) is 18.4 Å². The first-order chi connectivity index (χ1) is 9.22. The lowest BCUT2D eigenvalue weighted by Crippen LogP contribution is -2.30. The Labute approximate surface area is 115 Å². The predicted octanol–water partition coefficient (Wildman–Crippen LogP) is 2.34. The van der Waals surface area contributed by atoms with Gasteiger partial charge in [-0.15, -0.1) is 0 Å². The maximum atomic E-state index is 7.36. The highest BCUT2D eigenvalue weighted by atomic mass is 15.0. The van der Waals surface area contributed by atoms with Gasteiger partial charge in [0.15, 0.2) is 0 Å². The predicted molar refractivity (Wildman–Crippen MR) is 81.9 cm³/mol. The van der Waals surface area contributed by atoms with E-state index in [1.54, 1.807) is 0 Å². The monoisotopic (exact) mass is 260 g/mol. The highest BCUT2D eigenvalue weighted by Gasteiger charge is 2.01. The molecule has 4 N–H and O–H groups in total. The summed E-state index contributed by atoms with van der Waals surface area (Å²) in [7, 11) is 0. The minimum absolute atomic E-state index is 0.155. The molecule has 0 amide bonds. The van der Waals surface area contributed by atoms with E-state index in [4.69, 9.17) is 11.1 Å². The van der Waals surface area contributed by atoms with Gasteiger partial charge < -0.3 is 11.1 Å². The van der Waals surface area contributed by atoms with Crippen molar-refractivity contribution in [2.45, 2.75) is 32.6 Å². The van der Waals surface area contributed by atoms with Crippen LogP contribution in [0.4, 0.5) is 0 Å². The van der Waals surface area contributed by atoms with Gasteiger partial charge in [0.1, 0.15) is 5.84 Å². The second-order valence-electron chi connectivity index (χ2n) is 4.55. The highest BCUT2D eigenvalue weighted by molar-refractivity contribution is 6.00. The van der Waals surface area contributed by atoms with E-state index in [-0.39, 0.29) is 5.84 Å².